The molecular weight excluding hydrogens is 298 g/mol. The van der Waals surface area contributed by atoms with Gasteiger partial charge in [-0.3, -0.25) is 4.79 Å². The predicted molar refractivity (Wildman–Crippen MR) is 92.9 cm³/mol. The molecule has 0 fully saturated rings. The molecule has 1 aromatic heterocycles. The Labute approximate surface area is 141 Å². The Morgan fingerprint density at radius 2 is 1.75 bits per heavy atom. The minimum Gasteiger partial charge on any atom is -0.459 e. The molecular formula is C21H19NO2. The van der Waals surface area contributed by atoms with Crippen LogP contribution in [-0.2, 0) is 6.42 Å². The molecule has 0 aliphatic carbocycles. The van der Waals surface area contributed by atoms with Gasteiger partial charge in [0.15, 0.2) is 5.76 Å². The van der Waals surface area contributed by atoms with Crippen LogP contribution >= 0.6 is 0 Å². The molecule has 1 aliphatic rings. The fourth-order valence-electron chi connectivity index (χ4n) is 3.56. The highest BCUT2D eigenvalue weighted by molar-refractivity contribution is 5.92. The Morgan fingerprint density at radius 1 is 1.00 bits per heavy atom. The number of hydrogen-bond acceptors (Lipinski definition) is 2. The number of hydrogen-bond donors (Lipinski definition) is 0. The highest BCUT2D eigenvalue weighted by Gasteiger charge is 2.33. The van der Waals surface area contributed by atoms with E-state index in [0.717, 1.165) is 6.42 Å². The van der Waals surface area contributed by atoms with E-state index in [1.165, 1.54) is 22.3 Å². The van der Waals surface area contributed by atoms with Crippen LogP contribution in [0, 0.1) is 6.92 Å². The molecule has 0 saturated heterocycles. The Morgan fingerprint density at radius 3 is 2.50 bits per heavy atom. The van der Waals surface area contributed by atoms with Crippen molar-refractivity contribution in [1.29, 1.82) is 0 Å². The van der Waals surface area contributed by atoms with E-state index in [1.807, 2.05) is 23.1 Å². The summed E-state index contributed by atoms with van der Waals surface area (Å²) in [5.74, 6) is 0.343. The highest BCUT2D eigenvalue weighted by atomic mass is 16.3. The molecule has 1 aliphatic heterocycles. The van der Waals surface area contributed by atoms with Crippen LogP contribution in [0.25, 0.3) is 0 Å². The second-order valence-electron chi connectivity index (χ2n) is 6.18. The Hall–Kier alpha value is -2.81. The van der Waals surface area contributed by atoms with Crippen molar-refractivity contribution >= 4 is 5.91 Å². The summed E-state index contributed by atoms with van der Waals surface area (Å²) in [6, 6.07) is 20.1. The fraction of sp³-hybridized carbons (Fsp3) is 0.190. The fourth-order valence-corrected chi connectivity index (χ4v) is 3.56. The Bertz CT molecular complexity index is 867. The van der Waals surface area contributed by atoms with Crippen LogP contribution in [0.2, 0.25) is 0 Å². The van der Waals surface area contributed by atoms with Crippen molar-refractivity contribution in [3.63, 3.8) is 0 Å². The zero-order chi connectivity index (χ0) is 16.5. The minimum absolute atomic E-state index is 0.0530. The van der Waals surface area contributed by atoms with Gasteiger partial charge in [0, 0.05) is 6.54 Å². The minimum atomic E-state index is -0.0752. The van der Waals surface area contributed by atoms with Gasteiger partial charge < -0.3 is 9.32 Å². The van der Waals surface area contributed by atoms with Crippen molar-refractivity contribution in [3.8, 4) is 0 Å². The SMILES string of the molecule is Cc1ccccc1C1c2ccccc2CCN1C(=O)c1ccco1. The molecule has 120 valence electrons. The number of benzene rings is 2. The molecule has 3 aromatic rings. The molecule has 0 N–H and O–H groups in total. The first-order chi connectivity index (χ1) is 11.8. The number of aryl methyl sites for hydroxylation is 1. The van der Waals surface area contributed by atoms with E-state index >= 15 is 0 Å². The standard InChI is InChI=1S/C21H19NO2/c1-15-7-2-4-9-17(15)20-18-10-5-3-8-16(18)12-13-22(20)21(23)19-11-6-14-24-19/h2-11,14,20H,12-13H2,1H3. The quantitative estimate of drug-likeness (QED) is 0.703. The van der Waals surface area contributed by atoms with Crippen molar-refractivity contribution in [1.82, 2.24) is 4.90 Å². The molecule has 4 rings (SSSR count). The number of nitrogens with zero attached hydrogens (tertiary/aromatic N) is 1. The van der Waals surface area contributed by atoms with Crippen molar-refractivity contribution in [3.05, 3.63) is 94.9 Å². The zero-order valence-electron chi connectivity index (χ0n) is 13.6. The third-order valence-electron chi connectivity index (χ3n) is 4.76. The maximum atomic E-state index is 13.0. The van der Waals surface area contributed by atoms with Gasteiger partial charge in [-0.2, -0.15) is 0 Å². The predicted octanol–water partition coefficient (Wildman–Crippen LogP) is 4.38. The molecule has 0 saturated carbocycles. The normalized spacial score (nSPS) is 16.7. The molecule has 3 heteroatoms. The lowest BCUT2D eigenvalue weighted by Crippen LogP contribution is -2.40. The molecule has 2 heterocycles. The molecule has 1 amide bonds. The van der Waals surface area contributed by atoms with Gasteiger partial charge in [0.05, 0.1) is 12.3 Å². The van der Waals surface area contributed by atoms with Gasteiger partial charge in [-0.1, -0.05) is 48.5 Å². The van der Waals surface area contributed by atoms with Gasteiger partial charge in [0.25, 0.3) is 5.91 Å². The summed E-state index contributed by atoms with van der Waals surface area (Å²) < 4.78 is 5.36. The van der Waals surface area contributed by atoms with Crippen molar-refractivity contribution in [2.75, 3.05) is 6.54 Å². The van der Waals surface area contributed by atoms with E-state index in [2.05, 4.69) is 37.3 Å². The molecule has 3 nitrogen and oxygen atoms in total. The average molecular weight is 317 g/mol. The van der Waals surface area contributed by atoms with E-state index in [0.29, 0.717) is 12.3 Å². The maximum absolute atomic E-state index is 13.0. The van der Waals surface area contributed by atoms with Crippen molar-refractivity contribution in [2.45, 2.75) is 19.4 Å². The molecule has 1 atom stereocenters. The van der Waals surface area contributed by atoms with Crippen LogP contribution in [0.1, 0.15) is 38.9 Å². The first-order valence-electron chi connectivity index (χ1n) is 8.23. The van der Waals surface area contributed by atoms with Crippen LogP contribution < -0.4 is 0 Å². The zero-order valence-corrected chi connectivity index (χ0v) is 13.6. The third-order valence-corrected chi connectivity index (χ3v) is 4.76. The number of carbonyl (C=O) groups is 1. The van der Waals surface area contributed by atoms with Gasteiger partial charge in [0.2, 0.25) is 0 Å². The van der Waals surface area contributed by atoms with Crippen LogP contribution in [0.4, 0.5) is 0 Å². The van der Waals surface area contributed by atoms with Crippen molar-refractivity contribution < 1.29 is 9.21 Å². The molecule has 0 bridgehead atoms. The monoisotopic (exact) mass is 317 g/mol. The Kier molecular flexibility index (Phi) is 3.69. The van der Waals surface area contributed by atoms with Crippen LogP contribution in [0.5, 0.6) is 0 Å². The van der Waals surface area contributed by atoms with Gasteiger partial charge in [-0.05, 0) is 47.7 Å². The smallest absolute Gasteiger partial charge is 0.290 e. The molecule has 0 spiro atoms. The second kappa shape index (κ2) is 6.00. The summed E-state index contributed by atoms with van der Waals surface area (Å²) in [6.45, 7) is 2.79. The van der Waals surface area contributed by atoms with E-state index in [4.69, 9.17) is 4.42 Å². The number of carbonyl (C=O) groups excluding carboxylic acids is 1. The van der Waals surface area contributed by atoms with Gasteiger partial charge >= 0.3 is 0 Å². The number of furan rings is 1. The summed E-state index contributed by atoms with van der Waals surface area (Å²) in [4.78, 5) is 14.9. The first kappa shape index (κ1) is 14.8. The molecule has 24 heavy (non-hydrogen) atoms. The van der Waals surface area contributed by atoms with E-state index in [9.17, 15) is 4.79 Å². The summed E-state index contributed by atoms with van der Waals surface area (Å²) in [5.41, 5.74) is 4.88. The van der Waals surface area contributed by atoms with E-state index in [-0.39, 0.29) is 11.9 Å². The van der Waals surface area contributed by atoms with Gasteiger partial charge in [-0.25, -0.2) is 0 Å². The average Bonchev–Trinajstić information content (AvgIpc) is 3.15. The summed E-state index contributed by atoms with van der Waals surface area (Å²) >= 11 is 0. The maximum Gasteiger partial charge on any atom is 0.290 e. The summed E-state index contributed by atoms with van der Waals surface area (Å²) in [6.07, 6.45) is 2.42. The second-order valence-corrected chi connectivity index (χ2v) is 6.18. The topological polar surface area (TPSA) is 33.5 Å². The van der Waals surface area contributed by atoms with Crippen LogP contribution in [0.3, 0.4) is 0 Å². The number of amides is 1. The van der Waals surface area contributed by atoms with Gasteiger partial charge in [-0.15, -0.1) is 0 Å². The molecule has 1 unspecified atom stereocenters. The summed E-state index contributed by atoms with van der Waals surface area (Å²) in [5, 5.41) is 0. The number of fused-ring (bicyclic) bond motifs is 1. The largest absolute Gasteiger partial charge is 0.459 e. The number of rotatable bonds is 2. The van der Waals surface area contributed by atoms with Crippen LogP contribution in [0.15, 0.2) is 71.3 Å². The lowest BCUT2D eigenvalue weighted by molar-refractivity contribution is 0.0661. The van der Waals surface area contributed by atoms with E-state index < -0.39 is 0 Å². The first-order valence-corrected chi connectivity index (χ1v) is 8.23. The Balaban J connectivity index is 1.85. The van der Waals surface area contributed by atoms with Crippen LogP contribution in [-0.4, -0.2) is 17.4 Å². The summed E-state index contributed by atoms with van der Waals surface area (Å²) in [7, 11) is 0. The van der Waals surface area contributed by atoms with Crippen molar-refractivity contribution in [2.24, 2.45) is 0 Å². The molecule has 2 aromatic carbocycles. The van der Waals surface area contributed by atoms with E-state index in [1.54, 1.807) is 18.4 Å². The van der Waals surface area contributed by atoms with Gasteiger partial charge in [0.1, 0.15) is 0 Å². The highest BCUT2D eigenvalue weighted by Crippen LogP contribution is 2.37. The lowest BCUT2D eigenvalue weighted by atomic mass is 9.86. The molecule has 0 radical (unpaired) electrons. The third kappa shape index (κ3) is 2.42. The lowest BCUT2D eigenvalue weighted by Gasteiger charge is -2.38.